The first-order valence-electron chi connectivity index (χ1n) is 8.38. The largest absolute Gasteiger partial charge is 0.327 e. The second-order valence-electron chi connectivity index (χ2n) is 5.81. The second kappa shape index (κ2) is 7.92. The van der Waals surface area contributed by atoms with Crippen LogP contribution in [0, 0.1) is 10.1 Å². The topological polar surface area (TPSA) is 75.5 Å². The molecule has 0 radical (unpaired) electrons. The maximum absolute atomic E-state index is 12.8. The smallest absolute Gasteiger partial charge is 0.281 e. The number of nitrogens with zero attached hydrogens (tertiary/aromatic N) is 2. The van der Waals surface area contributed by atoms with E-state index in [1.54, 1.807) is 36.4 Å². The predicted molar refractivity (Wildman–Crippen MR) is 109 cm³/mol. The van der Waals surface area contributed by atoms with Gasteiger partial charge >= 0.3 is 0 Å². The van der Waals surface area contributed by atoms with Crippen LogP contribution in [0.15, 0.2) is 66.4 Å². The quantitative estimate of drug-likeness (QED) is 0.368. The Kier molecular flexibility index (Phi) is 5.42. The first-order valence-corrected chi connectivity index (χ1v) is 8.79. The minimum atomic E-state index is -0.440. The molecule has 0 aliphatic carbocycles. The van der Waals surface area contributed by atoms with Crippen molar-refractivity contribution in [3.63, 3.8) is 0 Å². The number of nitro groups is 1. The Bertz CT molecular complexity index is 982. The Morgan fingerprint density at radius 1 is 1.19 bits per heavy atom. The molecule has 2 aromatic rings. The molecule has 136 valence electrons. The van der Waals surface area contributed by atoms with Crippen LogP contribution in [0.2, 0.25) is 0 Å². The maximum Gasteiger partial charge on any atom is 0.281 e. The number of hydrogen-bond acceptors (Lipinski definition) is 4. The average molecular weight is 379 g/mol. The molecule has 1 N–H and O–H groups in total. The summed E-state index contributed by atoms with van der Waals surface area (Å²) in [6.07, 6.45) is 5.53. The maximum atomic E-state index is 12.8. The van der Waals surface area contributed by atoms with Gasteiger partial charge in [0.05, 0.1) is 16.2 Å². The van der Waals surface area contributed by atoms with Crippen molar-refractivity contribution in [1.29, 1.82) is 0 Å². The van der Waals surface area contributed by atoms with Crippen molar-refractivity contribution in [2.75, 3.05) is 4.90 Å². The Labute approximate surface area is 162 Å². The number of aryl methyl sites for hydroxylation is 1. The normalized spacial score (nSPS) is 15.6. The summed E-state index contributed by atoms with van der Waals surface area (Å²) in [5.41, 5.74) is 2.56. The second-order valence-corrected chi connectivity index (χ2v) is 6.20. The van der Waals surface area contributed by atoms with Crippen LogP contribution in [0.4, 0.5) is 11.4 Å². The zero-order valence-corrected chi connectivity index (χ0v) is 15.4. The average Bonchev–Trinajstić information content (AvgIpc) is 2.95. The van der Waals surface area contributed by atoms with Gasteiger partial charge in [-0.05, 0) is 48.5 Å². The van der Waals surface area contributed by atoms with E-state index >= 15 is 0 Å². The van der Waals surface area contributed by atoms with Gasteiger partial charge in [-0.15, -0.1) is 0 Å². The number of thiocarbonyl (C=S) groups is 1. The summed E-state index contributed by atoms with van der Waals surface area (Å²) in [5.74, 6) is -0.256. The molecule has 0 atom stereocenters. The van der Waals surface area contributed by atoms with E-state index in [1.165, 1.54) is 11.0 Å². The van der Waals surface area contributed by atoms with Crippen molar-refractivity contribution in [3.8, 4) is 0 Å². The Hall–Kier alpha value is -3.32. The molecule has 0 spiro atoms. The van der Waals surface area contributed by atoms with Crippen LogP contribution in [-0.2, 0) is 11.2 Å². The number of nitro benzene ring substituents is 1. The number of amides is 1. The summed E-state index contributed by atoms with van der Waals surface area (Å²) < 4.78 is 0. The monoisotopic (exact) mass is 379 g/mol. The Morgan fingerprint density at radius 2 is 1.89 bits per heavy atom. The molecule has 2 aromatic carbocycles. The summed E-state index contributed by atoms with van der Waals surface area (Å²) >= 11 is 5.32. The lowest BCUT2D eigenvalue weighted by atomic mass is 10.1. The van der Waals surface area contributed by atoms with Crippen molar-refractivity contribution in [2.45, 2.75) is 13.3 Å². The van der Waals surface area contributed by atoms with E-state index in [4.69, 9.17) is 12.2 Å². The molecule has 1 aliphatic heterocycles. The fourth-order valence-electron chi connectivity index (χ4n) is 2.84. The van der Waals surface area contributed by atoms with E-state index in [2.05, 4.69) is 5.32 Å². The number of nitrogens with one attached hydrogen (secondary N) is 1. The molecular formula is C20H17N3O3S. The van der Waals surface area contributed by atoms with Gasteiger partial charge in [-0.3, -0.25) is 19.8 Å². The number of hydrogen-bond donors (Lipinski definition) is 1. The van der Waals surface area contributed by atoms with Crippen LogP contribution >= 0.6 is 12.2 Å². The van der Waals surface area contributed by atoms with Gasteiger partial charge in [0.25, 0.3) is 11.6 Å². The molecule has 1 amide bonds. The molecule has 0 saturated carbocycles. The number of benzene rings is 2. The summed E-state index contributed by atoms with van der Waals surface area (Å²) in [6.45, 7) is 2.02. The van der Waals surface area contributed by atoms with E-state index in [-0.39, 0.29) is 11.6 Å². The van der Waals surface area contributed by atoms with Crippen LogP contribution in [0.25, 0.3) is 6.08 Å². The van der Waals surface area contributed by atoms with Gasteiger partial charge in [-0.25, -0.2) is 0 Å². The molecule has 0 bridgehead atoms. The summed E-state index contributed by atoms with van der Waals surface area (Å²) in [4.78, 5) is 24.9. The minimum absolute atomic E-state index is 0.00637. The Morgan fingerprint density at radius 3 is 2.63 bits per heavy atom. The van der Waals surface area contributed by atoms with Gasteiger partial charge in [0, 0.05) is 6.07 Å². The molecule has 3 rings (SSSR count). The highest BCUT2D eigenvalue weighted by molar-refractivity contribution is 7.80. The van der Waals surface area contributed by atoms with Crippen molar-refractivity contribution in [1.82, 2.24) is 5.32 Å². The van der Waals surface area contributed by atoms with Crippen LogP contribution in [0.5, 0.6) is 0 Å². The van der Waals surface area contributed by atoms with Gasteiger partial charge in [0.2, 0.25) is 0 Å². The zero-order chi connectivity index (χ0) is 19.4. The van der Waals surface area contributed by atoms with Gasteiger partial charge in [-0.1, -0.05) is 43.3 Å². The zero-order valence-electron chi connectivity index (χ0n) is 14.6. The van der Waals surface area contributed by atoms with Crippen molar-refractivity contribution in [2.24, 2.45) is 0 Å². The van der Waals surface area contributed by atoms with Gasteiger partial charge in [0.15, 0.2) is 5.11 Å². The lowest BCUT2D eigenvalue weighted by Crippen LogP contribution is -2.31. The molecular weight excluding hydrogens is 362 g/mol. The van der Waals surface area contributed by atoms with E-state index < -0.39 is 4.92 Å². The molecule has 1 aliphatic rings. The van der Waals surface area contributed by atoms with Crippen molar-refractivity contribution in [3.05, 3.63) is 87.6 Å². The van der Waals surface area contributed by atoms with Crippen LogP contribution in [-0.4, -0.2) is 15.9 Å². The standard InChI is InChI=1S/C20H17N3O3S/c1-2-14-8-3-5-12-17(14)22-19(24)16(21-20(22)27)11-7-10-15-9-4-6-13-18(15)23(25)26/h3-13H,2H2,1H3,(H,21,27)/b10-7+,16-11+. The van der Waals surface area contributed by atoms with E-state index in [0.29, 0.717) is 16.4 Å². The van der Waals surface area contributed by atoms with Gasteiger partial charge in [0.1, 0.15) is 5.70 Å². The molecule has 1 fully saturated rings. The third-order valence-corrected chi connectivity index (χ3v) is 4.45. The molecule has 7 heteroatoms. The fourth-order valence-corrected chi connectivity index (χ4v) is 3.13. The minimum Gasteiger partial charge on any atom is -0.327 e. The van der Waals surface area contributed by atoms with Crippen molar-refractivity contribution >= 4 is 40.7 Å². The summed E-state index contributed by atoms with van der Waals surface area (Å²) in [5, 5.41) is 14.3. The lowest BCUT2D eigenvalue weighted by Gasteiger charge is -2.17. The molecule has 1 saturated heterocycles. The highest BCUT2D eigenvalue weighted by Crippen LogP contribution is 2.26. The third-order valence-electron chi connectivity index (χ3n) is 4.16. The molecule has 27 heavy (non-hydrogen) atoms. The third kappa shape index (κ3) is 3.78. The SMILES string of the molecule is CCc1ccccc1N1C(=O)/C(=C\C=C\c2ccccc2[N+](=O)[O-])NC1=S. The summed E-state index contributed by atoms with van der Waals surface area (Å²) in [6, 6.07) is 14.0. The number of para-hydroxylation sites is 2. The Balaban J connectivity index is 1.86. The van der Waals surface area contributed by atoms with E-state index in [0.717, 1.165) is 17.7 Å². The number of carbonyl (C=O) groups is 1. The van der Waals surface area contributed by atoms with Crippen LogP contribution in [0.3, 0.4) is 0 Å². The number of rotatable bonds is 5. The predicted octanol–water partition coefficient (Wildman–Crippen LogP) is 3.98. The van der Waals surface area contributed by atoms with Crippen LogP contribution in [0.1, 0.15) is 18.1 Å². The van der Waals surface area contributed by atoms with E-state index in [9.17, 15) is 14.9 Å². The first kappa shape index (κ1) is 18.5. The number of carbonyl (C=O) groups excluding carboxylic acids is 1. The lowest BCUT2D eigenvalue weighted by molar-refractivity contribution is -0.385. The molecule has 0 aromatic heterocycles. The highest BCUT2D eigenvalue weighted by atomic mass is 32.1. The summed E-state index contributed by atoms with van der Waals surface area (Å²) in [7, 11) is 0. The first-order chi connectivity index (χ1) is 13.0. The van der Waals surface area contributed by atoms with Gasteiger partial charge < -0.3 is 5.32 Å². The van der Waals surface area contributed by atoms with Gasteiger partial charge in [-0.2, -0.15) is 0 Å². The molecule has 1 heterocycles. The van der Waals surface area contributed by atoms with Crippen LogP contribution < -0.4 is 10.2 Å². The molecule has 6 nitrogen and oxygen atoms in total. The fraction of sp³-hybridized carbons (Fsp3) is 0.100. The number of allylic oxidation sites excluding steroid dienone is 2. The molecule has 0 unspecified atom stereocenters. The van der Waals surface area contributed by atoms with Crippen molar-refractivity contribution < 1.29 is 9.72 Å². The highest BCUT2D eigenvalue weighted by Gasteiger charge is 2.32. The number of anilines is 1. The van der Waals surface area contributed by atoms with E-state index in [1.807, 2.05) is 31.2 Å².